The highest BCUT2D eigenvalue weighted by molar-refractivity contribution is 7.86. The first-order chi connectivity index (χ1) is 9.41. The van der Waals surface area contributed by atoms with Crippen molar-refractivity contribution in [3.05, 3.63) is 0 Å². The molecule has 1 aliphatic rings. The van der Waals surface area contributed by atoms with E-state index in [1.165, 1.54) is 4.31 Å². The monoisotopic (exact) mass is 309 g/mol. The Morgan fingerprint density at radius 2 is 1.55 bits per heavy atom. The topological polar surface area (TPSA) is 105 Å². The third-order valence-corrected chi connectivity index (χ3v) is 4.72. The van der Waals surface area contributed by atoms with Gasteiger partial charge in [-0.05, 0) is 0 Å². The van der Waals surface area contributed by atoms with Gasteiger partial charge >= 0.3 is 11.9 Å². The highest BCUT2D eigenvalue weighted by atomic mass is 32.2. The van der Waals surface area contributed by atoms with Crippen LogP contribution in [0.25, 0.3) is 0 Å². The van der Waals surface area contributed by atoms with Gasteiger partial charge in [-0.2, -0.15) is 17.0 Å². The molecular weight excluding hydrogens is 290 g/mol. The number of nitrogens with zero attached hydrogens (tertiary/aromatic N) is 2. The maximum absolute atomic E-state index is 12.4. The fourth-order valence-corrected chi connectivity index (χ4v) is 3.18. The molecule has 1 heterocycles. The molecule has 0 atom stereocenters. The van der Waals surface area contributed by atoms with Crippen molar-refractivity contribution in [2.75, 3.05) is 53.5 Å². The zero-order chi connectivity index (χ0) is 15.2. The summed E-state index contributed by atoms with van der Waals surface area (Å²) in [6.45, 7) is 0.533. The van der Waals surface area contributed by atoms with Gasteiger partial charge in [0, 0.05) is 26.2 Å². The van der Waals surface area contributed by atoms with Crippen molar-refractivity contribution in [1.82, 2.24) is 13.9 Å². The number of piperazine rings is 1. The van der Waals surface area contributed by atoms with E-state index in [1.807, 2.05) is 0 Å². The summed E-state index contributed by atoms with van der Waals surface area (Å²) < 4.78 is 35.7. The molecule has 10 heteroatoms. The molecule has 0 saturated carbocycles. The molecular formula is C10H19N3O6S. The van der Waals surface area contributed by atoms with Gasteiger partial charge in [0.2, 0.25) is 0 Å². The molecule has 0 spiro atoms. The number of esters is 2. The minimum atomic E-state index is -3.91. The second-order valence-corrected chi connectivity index (χ2v) is 6.01. The Hall–Kier alpha value is -1.23. The first kappa shape index (κ1) is 16.8. The van der Waals surface area contributed by atoms with Gasteiger partial charge in [-0.3, -0.25) is 9.59 Å². The van der Waals surface area contributed by atoms with Crippen LogP contribution >= 0.6 is 0 Å². The van der Waals surface area contributed by atoms with Crippen LogP contribution in [0.1, 0.15) is 0 Å². The zero-order valence-corrected chi connectivity index (χ0v) is 12.3. The standard InChI is InChI=1S/C10H19N3O6S/c1-18-9(14)7-13(8-10(15)19-2)20(16,17)12-5-3-11-4-6-12/h11H,3-8H2,1-2H3. The zero-order valence-electron chi connectivity index (χ0n) is 11.5. The quantitative estimate of drug-likeness (QED) is 0.554. The van der Waals surface area contributed by atoms with E-state index in [2.05, 4.69) is 14.8 Å². The van der Waals surface area contributed by atoms with Crippen molar-refractivity contribution in [1.29, 1.82) is 0 Å². The number of hydrogen-bond donors (Lipinski definition) is 1. The van der Waals surface area contributed by atoms with Crippen LogP contribution in [0.2, 0.25) is 0 Å². The van der Waals surface area contributed by atoms with E-state index >= 15 is 0 Å². The summed E-state index contributed by atoms with van der Waals surface area (Å²) in [5.74, 6) is -1.49. The maximum Gasteiger partial charge on any atom is 0.321 e. The lowest BCUT2D eigenvalue weighted by molar-refractivity contribution is -0.143. The number of methoxy groups -OCH3 is 2. The molecule has 0 aromatic rings. The molecule has 0 aromatic heterocycles. The molecule has 9 nitrogen and oxygen atoms in total. The van der Waals surface area contributed by atoms with Crippen molar-refractivity contribution in [3.63, 3.8) is 0 Å². The van der Waals surface area contributed by atoms with E-state index in [9.17, 15) is 18.0 Å². The Morgan fingerprint density at radius 3 is 1.95 bits per heavy atom. The second kappa shape index (κ2) is 7.53. The molecule has 0 aromatic carbocycles. The van der Waals surface area contributed by atoms with Gasteiger partial charge in [0.25, 0.3) is 10.2 Å². The van der Waals surface area contributed by atoms with E-state index in [-0.39, 0.29) is 13.1 Å². The average Bonchev–Trinajstić information content (AvgIpc) is 2.46. The molecule has 0 amide bonds. The number of carbonyl (C=O) groups is 2. The summed E-state index contributed by atoms with van der Waals surface area (Å²) in [7, 11) is -1.61. The van der Waals surface area contributed by atoms with Gasteiger partial charge in [-0.1, -0.05) is 0 Å². The molecule has 116 valence electrons. The fraction of sp³-hybridized carbons (Fsp3) is 0.800. The van der Waals surface area contributed by atoms with E-state index in [1.54, 1.807) is 0 Å². The highest BCUT2D eigenvalue weighted by Gasteiger charge is 2.33. The normalized spacial score (nSPS) is 16.9. The van der Waals surface area contributed by atoms with Crippen LogP contribution in [0.5, 0.6) is 0 Å². The predicted molar refractivity (Wildman–Crippen MR) is 69.0 cm³/mol. The van der Waals surface area contributed by atoms with Crippen LogP contribution < -0.4 is 5.32 Å². The number of carbonyl (C=O) groups excluding carboxylic acids is 2. The molecule has 0 bridgehead atoms. The molecule has 1 saturated heterocycles. The largest absolute Gasteiger partial charge is 0.468 e. The molecule has 1 fully saturated rings. The van der Waals surface area contributed by atoms with Gasteiger partial charge in [-0.25, -0.2) is 0 Å². The van der Waals surface area contributed by atoms with Crippen LogP contribution in [0, 0.1) is 0 Å². The maximum atomic E-state index is 12.4. The third kappa shape index (κ3) is 4.40. The van der Waals surface area contributed by atoms with Crippen molar-refractivity contribution in [3.8, 4) is 0 Å². The third-order valence-electron chi connectivity index (χ3n) is 2.79. The molecule has 0 unspecified atom stereocenters. The Labute approximate surface area is 118 Å². The number of nitrogens with one attached hydrogen (secondary N) is 1. The summed E-state index contributed by atoms with van der Waals surface area (Å²) in [5.41, 5.74) is 0. The first-order valence-corrected chi connectivity index (χ1v) is 7.41. The lowest BCUT2D eigenvalue weighted by Crippen LogP contribution is -2.53. The van der Waals surface area contributed by atoms with Crippen molar-refractivity contribution in [2.45, 2.75) is 0 Å². The SMILES string of the molecule is COC(=O)CN(CC(=O)OC)S(=O)(=O)N1CCNCC1. The Morgan fingerprint density at radius 1 is 1.10 bits per heavy atom. The summed E-state index contributed by atoms with van der Waals surface area (Å²) in [5, 5.41) is 3.02. The highest BCUT2D eigenvalue weighted by Crippen LogP contribution is 2.10. The predicted octanol–water partition coefficient (Wildman–Crippen LogP) is -2.22. The van der Waals surface area contributed by atoms with Crippen molar-refractivity contribution >= 4 is 22.1 Å². The number of rotatable bonds is 6. The fourth-order valence-electron chi connectivity index (χ4n) is 1.67. The smallest absolute Gasteiger partial charge is 0.321 e. The molecule has 0 aliphatic carbocycles. The van der Waals surface area contributed by atoms with Crippen molar-refractivity contribution in [2.24, 2.45) is 0 Å². The van der Waals surface area contributed by atoms with Crippen LogP contribution in [0.4, 0.5) is 0 Å². The Balaban J connectivity index is 2.88. The minimum absolute atomic E-state index is 0.279. The van der Waals surface area contributed by atoms with Crippen LogP contribution in [0.3, 0.4) is 0 Å². The summed E-state index contributed by atoms with van der Waals surface area (Å²) in [4.78, 5) is 22.6. The number of ether oxygens (including phenoxy) is 2. The van der Waals surface area contributed by atoms with Gasteiger partial charge in [-0.15, -0.1) is 0 Å². The summed E-state index contributed by atoms with van der Waals surface area (Å²) in [6.07, 6.45) is 0. The minimum Gasteiger partial charge on any atom is -0.468 e. The van der Waals surface area contributed by atoms with Crippen molar-refractivity contribution < 1.29 is 27.5 Å². The molecule has 1 rings (SSSR count). The molecule has 1 N–H and O–H groups in total. The second-order valence-electron chi connectivity index (χ2n) is 4.08. The average molecular weight is 309 g/mol. The van der Waals surface area contributed by atoms with E-state index in [0.29, 0.717) is 13.1 Å². The summed E-state index contributed by atoms with van der Waals surface area (Å²) in [6, 6.07) is 0. The Kier molecular flexibility index (Phi) is 6.33. The van der Waals surface area contributed by atoms with E-state index in [4.69, 9.17) is 0 Å². The summed E-state index contributed by atoms with van der Waals surface area (Å²) >= 11 is 0. The molecule has 20 heavy (non-hydrogen) atoms. The van der Waals surface area contributed by atoms with Gasteiger partial charge in [0.1, 0.15) is 13.1 Å². The van der Waals surface area contributed by atoms with Gasteiger partial charge in [0.15, 0.2) is 0 Å². The Bertz CT molecular complexity index is 428. The first-order valence-electron chi connectivity index (χ1n) is 6.01. The lowest BCUT2D eigenvalue weighted by Gasteiger charge is -2.31. The lowest BCUT2D eigenvalue weighted by atomic mass is 10.4. The van der Waals surface area contributed by atoms with Crippen LogP contribution in [-0.2, 0) is 29.3 Å². The van der Waals surface area contributed by atoms with Crippen LogP contribution in [-0.4, -0.2) is 82.5 Å². The van der Waals surface area contributed by atoms with E-state index < -0.39 is 35.2 Å². The molecule has 0 radical (unpaired) electrons. The number of hydrogen-bond acceptors (Lipinski definition) is 7. The van der Waals surface area contributed by atoms with E-state index in [0.717, 1.165) is 18.5 Å². The van der Waals surface area contributed by atoms with Gasteiger partial charge in [0.05, 0.1) is 14.2 Å². The van der Waals surface area contributed by atoms with Gasteiger partial charge < -0.3 is 14.8 Å². The van der Waals surface area contributed by atoms with Crippen LogP contribution in [0.15, 0.2) is 0 Å². The molecule has 1 aliphatic heterocycles.